The molecule has 3 rings (SSSR count). The van der Waals surface area contributed by atoms with E-state index in [1.807, 2.05) is 24.3 Å². The summed E-state index contributed by atoms with van der Waals surface area (Å²) in [5.41, 5.74) is 6.46. The lowest BCUT2D eigenvalue weighted by atomic mass is 10.0. The smallest absolute Gasteiger partial charge is 0.368 e. The number of carbonyl (C=O) groups excluding carboxylic acids is 2. The second-order valence-corrected chi connectivity index (χ2v) is 6.46. The molecular formula is C20H18F3N3O2. The van der Waals surface area contributed by atoms with Crippen LogP contribution in [0.15, 0.2) is 54.7 Å². The number of fused-ring (bicyclic) bond motifs is 1. The van der Waals surface area contributed by atoms with Crippen LogP contribution >= 0.6 is 0 Å². The van der Waals surface area contributed by atoms with Gasteiger partial charge in [0.25, 0.3) is 0 Å². The Morgan fingerprint density at radius 3 is 2.57 bits per heavy atom. The highest BCUT2D eigenvalue weighted by atomic mass is 19.4. The number of carbonyl (C=O) groups is 2. The summed E-state index contributed by atoms with van der Waals surface area (Å²) in [6.07, 6.45) is -2.87. The van der Waals surface area contributed by atoms with Crippen LogP contribution in [0.4, 0.5) is 13.2 Å². The van der Waals surface area contributed by atoms with Crippen molar-refractivity contribution in [3.8, 4) is 0 Å². The quantitative estimate of drug-likeness (QED) is 0.605. The van der Waals surface area contributed by atoms with E-state index in [1.54, 1.807) is 6.20 Å². The van der Waals surface area contributed by atoms with E-state index in [1.165, 1.54) is 12.1 Å². The zero-order valence-electron chi connectivity index (χ0n) is 14.7. The average Bonchev–Trinajstić information content (AvgIpc) is 3.03. The zero-order chi connectivity index (χ0) is 20.3. The number of rotatable bonds is 6. The van der Waals surface area contributed by atoms with E-state index < -0.39 is 29.6 Å². The minimum atomic E-state index is -4.49. The molecule has 0 aliphatic carbocycles. The predicted octanol–water partition coefficient (Wildman–Crippen LogP) is 2.94. The normalized spacial score (nSPS) is 12.7. The van der Waals surface area contributed by atoms with Crippen LogP contribution in [0, 0.1) is 0 Å². The topological polar surface area (TPSA) is 88.0 Å². The number of hydrogen-bond donors (Lipinski definition) is 3. The molecule has 0 saturated carbocycles. The van der Waals surface area contributed by atoms with Gasteiger partial charge in [-0.25, -0.2) is 0 Å². The molecule has 0 fully saturated rings. The number of primary amides is 1. The Balaban J connectivity index is 1.71. The molecule has 0 spiro atoms. The zero-order valence-corrected chi connectivity index (χ0v) is 14.7. The Labute approximate surface area is 158 Å². The molecule has 1 aromatic heterocycles. The van der Waals surface area contributed by atoms with E-state index >= 15 is 0 Å². The summed E-state index contributed by atoms with van der Waals surface area (Å²) in [6.45, 7) is 0. The van der Waals surface area contributed by atoms with E-state index in [2.05, 4.69) is 10.3 Å². The summed E-state index contributed by atoms with van der Waals surface area (Å²) in [6, 6.07) is 11.0. The predicted molar refractivity (Wildman–Crippen MR) is 98.3 cm³/mol. The maximum Gasteiger partial charge on any atom is 0.416 e. The molecular weight excluding hydrogens is 371 g/mol. The van der Waals surface area contributed by atoms with Gasteiger partial charge in [-0.1, -0.05) is 36.4 Å². The van der Waals surface area contributed by atoms with Crippen LogP contribution < -0.4 is 11.1 Å². The fourth-order valence-corrected chi connectivity index (χ4v) is 3.03. The molecule has 4 N–H and O–H groups in total. The number of nitrogens with two attached hydrogens (primary N) is 1. The van der Waals surface area contributed by atoms with Gasteiger partial charge in [-0.15, -0.1) is 0 Å². The molecule has 5 nitrogen and oxygen atoms in total. The first-order valence-electron chi connectivity index (χ1n) is 8.54. The maximum atomic E-state index is 12.8. The first-order chi connectivity index (χ1) is 13.2. The van der Waals surface area contributed by atoms with Gasteiger partial charge in [0.15, 0.2) is 0 Å². The van der Waals surface area contributed by atoms with Crippen molar-refractivity contribution >= 4 is 22.7 Å². The largest absolute Gasteiger partial charge is 0.416 e. The van der Waals surface area contributed by atoms with Gasteiger partial charge in [0.05, 0.1) is 12.0 Å². The van der Waals surface area contributed by atoms with Gasteiger partial charge < -0.3 is 16.0 Å². The summed E-state index contributed by atoms with van der Waals surface area (Å²) in [7, 11) is 0. The van der Waals surface area contributed by atoms with Gasteiger partial charge in [-0.05, 0) is 23.3 Å². The summed E-state index contributed by atoms with van der Waals surface area (Å²) in [5.74, 6) is -1.30. The number of H-pyrrole nitrogens is 1. The van der Waals surface area contributed by atoms with E-state index in [4.69, 9.17) is 5.73 Å². The van der Waals surface area contributed by atoms with E-state index in [-0.39, 0.29) is 18.4 Å². The molecule has 2 aromatic carbocycles. The van der Waals surface area contributed by atoms with Crippen molar-refractivity contribution in [2.24, 2.45) is 5.73 Å². The Kier molecular flexibility index (Phi) is 5.39. The van der Waals surface area contributed by atoms with Crippen LogP contribution in [-0.4, -0.2) is 22.8 Å². The van der Waals surface area contributed by atoms with Gasteiger partial charge in [0.1, 0.15) is 6.04 Å². The van der Waals surface area contributed by atoms with Crippen molar-refractivity contribution in [3.63, 3.8) is 0 Å². The minimum absolute atomic E-state index is 0.174. The Morgan fingerprint density at radius 2 is 1.86 bits per heavy atom. The molecule has 0 saturated heterocycles. The van der Waals surface area contributed by atoms with Crippen LogP contribution in [0.2, 0.25) is 0 Å². The van der Waals surface area contributed by atoms with Crippen LogP contribution in [0.5, 0.6) is 0 Å². The van der Waals surface area contributed by atoms with Crippen molar-refractivity contribution in [1.29, 1.82) is 0 Å². The Hall–Kier alpha value is -3.29. The van der Waals surface area contributed by atoms with Crippen LogP contribution in [0.25, 0.3) is 10.9 Å². The van der Waals surface area contributed by atoms with Crippen molar-refractivity contribution in [2.75, 3.05) is 0 Å². The second kappa shape index (κ2) is 7.75. The standard InChI is InChI=1S/C20H18F3N3O2/c21-20(22,23)14-5-3-4-12(8-14)9-18(27)26-17(19(24)28)10-13-11-25-16-7-2-1-6-15(13)16/h1-8,11,17,25H,9-10H2,(H2,24,28)(H,26,27)/t17-/m0/s1. The van der Waals surface area contributed by atoms with Crippen molar-refractivity contribution in [2.45, 2.75) is 25.1 Å². The molecule has 1 atom stereocenters. The van der Waals surface area contributed by atoms with Crippen molar-refractivity contribution in [3.05, 3.63) is 71.4 Å². The summed E-state index contributed by atoms with van der Waals surface area (Å²) in [5, 5.41) is 3.42. The molecule has 1 heterocycles. The van der Waals surface area contributed by atoms with Crippen LogP contribution in [0.1, 0.15) is 16.7 Å². The third-order valence-corrected chi connectivity index (χ3v) is 4.40. The van der Waals surface area contributed by atoms with E-state index in [0.29, 0.717) is 0 Å². The number of aromatic nitrogens is 1. The number of amides is 2. The maximum absolute atomic E-state index is 12.8. The molecule has 28 heavy (non-hydrogen) atoms. The fraction of sp³-hybridized carbons (Fsp3) is 0.200. The Bertz CT molecular complexity index is 1010. The number of benzene rings is 2. The van der Waals surface area contributed by atoms with Crippen LogP contribution in [0.3, 0.4) is 0 Å². The molecule has 8 heteroatoms. The number of hydrogen-bond acceptors (Lipinski definition) is 2. The molecule has 0 bridgehead atoms. The minimum Gasteiger partial charge on any atom is -0.368 e. The van der Waals surface area contributed by atoms with E-state index in [0.717, 1.165) is 28.6 Å². The molecule has 0 radical (unpaired) electrons. The van der Waals surface area contributed by atoms with Crippen molar-refractivity contribution in [1.82, 2.24) is 10.3 Å². The number of halogens is 3. The van der Waals surface area contributed by atoms with Gasteiger partial charge in [-0.3, -0.25) is 9.59 Å². The monoisotopic (exact) mass is 389 g/mol. The van der Waals surface area contributed by atoms with Crippen LogP contribution in [-0.2, 0) is 28.6 Å². The highest BCUT2D eigenvalue weighted by Gasteiger charge is 2.30. The van der Waals surface area contributed by atoms with Gasteiger partial charge in [-0.2, -0.15) is 13.2 Å². The SMILES string of the molecule is NC(=O)[C@H](Cc1c[nH]c2ccccc12)NC(=O)Cc1cccc(C(F)(F)F)c1. The average molecular weight is 389 g/mol. The summed E-state index contributed by atoms with van der Waals surface area (Å²) >= 11 is 0. The number of nitrogens with one attached hydrogen (secondary N) is 2. The third-order valence-electron chi connectivity index (χ3n) is 4.40. The lowest BCUT2D eigenvalue weighted by Gasteiger charge is -2.16. The van der Waals surface area contributed by atoms with E-state index in [9.17, 15) is 22.8 Å². The number of alkyl halides is 3. The Morgan fingerprint density at radius 1 is 1.11 bits per heavy atom. The highest BCUT2D eigenvalue weighted by Crippen LogP contribution is 2.29. The highest BCUT2D eigenvalue weighted by molar-refractivity contribution is 5.89. The molecule has 3 aromatic rings. The molecule has 0 aliphatic rings. The second-order valence-electron chi connectivity index (χ2n) is 6.46. The number of para-hydroxylation sites is 1. The first-order valence-corrected chi connectivity index (χ1v) is 8.54. The summed E-state index contributed by atoms with van der Waals surface area (Å²) in [4.78, 5) is 27.1. The van der Waals surface area contributed by atoms with Gasteiger partial charge in [0, 0.05) is 23.5 Å². The molecule has 0 unspecified atom stereocenters. The lowest BCUT2D eigenvalue weighted by molar-refractivity contribution is -0.137. The van der Waals surface area contributed by atoms with Crippen molar-refractivity contribution < 1.29 is 22.8 Å². The molecule has 146 valence electrons. The lowest BCUT2D eigenvalue weighted by Crippen LogP contribution is -2.46. The first kappa shape index (κ1) is 19.5. The fourth-order valence-electron chi connectivity index (χ4n) is 3.03. The third kappa shape index (κ3) is 4.51. The number of aromatic amines is 1. The van der Waals surface area contributed by atoms with Gasteiger partial charge >= 0.3 is 6.18 Å². The van der Waals surface area contributed by atoms with Gasteiger partial charge in [0.2, 0.25) is 11.8 Å². The molecule has 2 amide bonds. The summed E-state index contributed by atoms with van der Waals surface area (Å²) < 4.78 is 38.4. The molecule has 0 aliphatic heterocycles.